The molecule has 2 aromatic carbocycles. The highest BCUT2D eigenvalue weighted by Gasteiger charge is 2.15. The Labute approximate surface area is 206 Å². The second-order valence-electron chi connectivity index (χ2n) is 9.00. The lowest BCUT2D eigenvalue weighted by Crippen LogP contribution is -2.43. The van der Waals surface area contributed by atoms with Crippen molar-refractivity contribution < 1.29 is 13.9 Å². The molecule has 0 spiro atoms. The Morgan fingerprint density at radius 2 is 1.71 bits per heavy atom. The molecule has 1 saturated heterocycles. The maximum Gasteiger partial charge on any atom is 0.226 e. The molecule has 1 aromatic heterocycles. The molecule has 1 N–H and O–H groups in total. The summed E-state index contributed by atoms with van der Waals surface area (Å²) in [6, 6.07) is 16.7. The molecule has 2 heterocycles. The first kappa shape index (κ1) is 24.8. The lowest BCUT2D eigenvalue weighted by atomic mass is 10.1. The quantitative estimate of drug-likeness (QED) is 0.508. The number of nitrogens with one attached hydrogen (secondary N) is 1. The first-order valence-corrected chi connectivity index (χ1v) is 12.1. The van der Waals surface area contributed by atoms with E-state index < -0.39 is 0 Å². The summed E-state index contributed by atoms with van der Waals surface area (Å²) < 4.78 is 19.7. The summed E-state index contributed by atoms with van der Waals surface area (Å²) >= 11 is 0. The summed E-state index contributed by atoms with van der Waals surface area (Å²) in [5, 5.41) is 2.90. The number of ether oxygens (including phenoxy) is 1. The number of rotatable bonds is 9. The topological polar surface area (TPSA) is 57.7 Å². The second-order valence-corrected chi connectivity index (χ2v) is 9.00. The van der Waals surface area contributed by atoms with E-state index in [0.717, 1.165) is 60.7 Å². The predicted octanol–water partition coefficient (Wildman–Crippen LogP) is 3.89. The molecule has 0 saturated carbocycles. The van der Waals surface area contributed by atoms with E-state index in [2.05, 4.69) is 27.1 Å². The summed E-state index contributed by atoms with van der Waals surface area (Å²) in [7, 11) is 2.12. The molecule has 184 valence electrons. The van der Waals surface area contributed by atoms with E-state index in [4.69, 9.17) is 4.74 Å². The van der Waals surface area contributed by atoms with Crippen molar-refractivity contribution in [3.63, 3.8) is 0 Å². The van der Waals surface area contributed by atoms with Gasteiger partial charge < -0.3 is 15.0 Å². The van der Waals surface area contributed by atoms with E-state index in [9.17, 15) is 9.18 Å². The molecular weight excluding hydrogens is 443 g/mol. The fourth-order valence-corrected chi connectivity index (χ4v) is 4.21. The Balaban J connectivity index is 1.29. The number of halogens is 1. The average Bonchev–Trinajstić information content (AvgIpc) is 2.85. The van der Waals surface area contributed by atoms with Gasteiger partial charge in [0.1, 0.15) is 11.6 Å². The molecule has 0 bridgehead atoms. The molecule has 6 nitrogen and oxygen atoms in total. The SMILES string of the molecule is CCOc1ccc(-c2ccc(CC(=O)NCc3cc(F)cc(CN4CCN(C)CC4)c3)nc2)cc1. The maximum atomic E-state index is 14.2. The van der Waals surface area contributed by atoms with Crippen molar-refractivity contribution in [3.8, 4) is 16.9 Å². The van der Waals surface area contributed by atoms with E-state index in [-0.39, 0.29) is 24.7 Å². The molecule has 35 heavy (non-hydrogen) atoms. The molecule has 0 unspecified atom stereocenters. The van der Waals surface area contributed by atoms with E-state index in [0.29, 0.717) is 12.3 Å². The minimum atomic E-state index is -0.271. The number of aromatic nitrogens is 1. The summed E-state index contributed by atoms with van der Waals surface area (Å²) in [5.41, 5.74) is 4.40. The van der Waals surface area contributed by atoms with E-state index in [1.807, 2.05) is 49.4 Å². The van der Waals surface area contributed by atoms with Crippen molar-refractivity contribution in [1.82, 2.24) is 20.1 Å². The van der Waals surface area contributed by atoms with E-state index in [1.165, 1.54) is 6.07 Å². The largest absolute Gasteiger partial charge is 0.494 e. The van der Waals surface area contributed by atoms with Crippen LogP contribution < -0.4 is 10.1 Å². The van der Waals surface area contributed by atoms with Crippen LogP contribution in [0.25, 0.3) is 11.1 Å². The number of carbonyl (C=O) groups is 1. The van der Waals surface area contributed by atoms with Crippen molar-refractivity contribution in [3.05, 3.63) is 83.4 Å². The molecule has 0 aliphatic carbocycles. The number of piperazine rings is 1. The fraction of sp³-hybridized carbons (Fsp3) is 0.357. The fourth-order valence-electron chi connectivity index (χ4n) is 4.21. The first-order valence-electron chi connectivity index (χ1n) is 12.1. The molecular formula is C28H33FN4O2. The Hall–Kier alpha value is -3.29. The van der Waals surface area contributed by atoms with Gasteiger partial charge >= 0.3 is 0 Å². The normalized spacial score (nSPS) is 14.6. The molecule has 1 amide bonds. The monoisotopic (exact) mass is 476 g/mol. The van der Waals surface area contributed by atoms with Gasteiger partial charge in [0.2, 0.25) is 5.91 Å². The molecule has 3 aromatic rings. The Kier molecular flexibility index (Phi) is 8.45. The van der Waals surface area contributed by atoms with Gasteiger partial charge in [-0.15, -0.1) is 0 Å². The van der Waals surface area contributed by atoms with Crippen LogP contribution in [0.1, 0.15) is 23.7 Å². The van der Waals surface area contributed by atoms with E-state index in [1.54, 1.807) is 12.3 Å². The van der Waals surface area contributed by atoms with Gasteiger partial charge in [0, 0.05) is 56.7 Å². The number of nitrogens with zero attached hydrogens (tertiary/aromatic N) is 3. The third-order valence-electron chi connectivity index (χ3n) is 6.17. The number of benzene rings is 2. The van der Waals surface area contributed by atoms with Crippen LogP contribution in [0.3, 0.4) is 0 Å². The van der Waals surface area contributed by atoms with Gasteiger partial charge in [-0.2, -0.15) is 0 Å². The highest BCUT2D eigenvalue weighted by atomic mass is 19.1. The molecule has 0 radical (unpaired) electrons. The van der Waals surface area contributed by atoms with Crippen LogP contribution in [-0.2, 0) is 24.3 Å². The molecule has 4 rings (SSSR count). The minimum absolute atomic E-state index is 0.142. The highest BCUT2D eigenvalue weighted by molar-refractivity contribution is 5.78. The molecule has 1 fully saturated rings. The number of likely N-dealkylation sites (N-methyl/N-ethyl adjacent to an activating group) is 1. The van der Waals surface area contributed by atoms with Gasteiger partial charge in [-0.1, -0.05) is 24.3 Å². The highest BCUT2D eigenvalue weighted by Crippen LogP contribution is 2.22. The van der Waals surface area contributed by atoms with Crippen LogP contribution in [0, 0.1) is 5.82 Å². The van der Waals surface area contributed by atoms with Crippen molar-refractivity contribution in [2.45, 2.75) is 26.4 Å². The number of hydrogen-bond acceptors (Lipinski definition) is 5. The minimum Gasteiger partial charge on any atom is -0.494 e. The van der Waals surface area contributed by atoms with Gasteiger partial charge in [-0.05, 0) is 61.0 Å². The van der Waals surface area contributed by atoms with Gasteiger partial charge in [0.25, 0.3) is 0 Å². The zero-order chi connectivity index (χ0) is 24.6. The van der Waals surface area contributed by atoms with Crippen LogP contribution in [-0.4, -0.2) is 60.5 Å². The lowest BCUT2D eigenvalue weighted by molar-refractivity contribution is -0.120. The van der Waals surface area contributed by atoms with Crippen molar-refractivity contribution >= 4 is 5.91 Å². The average molecular weight is 477 g/mol. The molecule has 1 aliphatic rings. The number of hydrogen-bond donors (Lipinski definition) is 1. The van der Waals surface area contributed by atoms with Gasteiger partial charge in [-0.25, -0.2) is 4.39 Å². The third-order valence-corrected chi connectivity index (χ3v) is 6.17. The third kappa shape index (κ3) is 7.34. The molecule has 0 atom stereocenters. The van der Waals surface area contributed by atoms with Crippen LogP contribution in [0.4, 0.5) is 4.39 Å². The van der Waals surface area contributed by atoms with Gasteiger partial charge in [0.05, 0.1) is 13.0 Å². The van der Waals surface area contributed by atoms with Gasteiger partial charge in [0.15, 0.2) is 0 Å². The zero-order valence-electron chi connectivity index (χ0n) is 20.5. The van der Waals surface area contributed by atoms with Crippen LogP contribution in [0.15, 0.2) is 60.8 Å². The summed E-state index contributed by atoms with van der Waals surface area (Å²) in [6.45, 7) is 7.59. The standard InChI is InChI=1S/C28H33FN4O2/c1-3-35-27-8-5-23(6-9-27)24-4-7-26(30-19-24)17-28(34)31-18-21-14-22(16-25(29)15-21)20-33-12-10-32(2)11-13-33/h4-9,14-16,19H,3,10-13,17-18,20H2,1-2H3,(H,31,34). The van der Waals surface area contributed by atoms with Crippen LogP contribution in [0.5, 0.6) is 5.75 Å². The summed E-state index contributed by atoms with van der Waals surface area (Å²) in [4.78, 5) is 21.6. The Morgan fingerprint density at radius 1 is 1.00 bits per heavy atom. The van der Waals surface area contributed by atoms with Gasteiger partial charge in [-0.3, -0.25) is 14.7 Å². The first-order chi connectivity index (χ1) is 17.0. The summed E-state index contributed by atoms with van der Waals surface area (Å²) in [5.74, 6) is 0.422. The zero-order valence-corrected chi connectivity index (χ0v) is 20.5. The van der Waals surface area contributed by atoms with Crippen molar-refractivity contribution in [1.29, 1.82) is 0 Å². The summed E-state index contributed by atoms with van der Waals surface area (Å²) in [6.07, 6.45) is 1.95. The lowest BCUT2D eigenvalue weighted by Gasteiger charge is -2.32. The Bertz CT molecular complexity index is 1110. The Morgan fingerprint density at radius 3 is 2.40 bits per heavy atom. The molecule has 7 heteroatoms. The number of pyridine rings is 1. The van der Waals surface area contributed by atoms with Crippen molar-refractivity contribution in [2.75, 3.05) is 39.8 Å². The smallest absolute Gasteiger partial charge is 0.226 e. The van der Waals surface area contributed by atoms with Crippen LogP contribution >= 0.6 is 0 Å². The number of amides is 1. The maximum absolute atomic E-state index is 14.2. The number of carbonyl (C=O) groups excluding carboxylic acids is 1. The second kappa shape index (κ2) is 11.9. The van der Waals surface area contributed by atoms with Crippen molar-refractivity contribution in [2.24, 2.45) is 0 Å². The van der Waals surface area contributed by atoms with Crippen LogP contribution in [0.2, 0.25) is 0 Å². The van der Waals surface area contributed by atoms with E-state index >= 15 is 0 Å². The molecule has 1 aliphatic heterocycles. The predicted molar refractivity (Wildman–Crippen MR) is 136 cm³/mol.